The number of amides is 1. The predicted molar refractivity (Wildman–Crippen MR) is 77.8 cm³/mol. The van der Waals surface area contributed by atoms with Crippen molar-refractivity contribution in [1.29, 1.82) is 0 Å². The molecule has 0 fully saturated rings. The lowest BCUT2D eigenvalue weighted by Gasteiger charge is -2.08. The van der Waals surface area contributed by atoms with Crippen molar-refractivity contribution in [2.45, 2.75) is 41.0 Å². The van der Waals surface area contributed by atoms with Crippen LogP contribution < -0.4 is 5.32 Å². The molecule has 0 radical (unpaired) electrons. The summed E-state index contributed by atoms with van der Waals surface area (Å²) in [5, 5.41) is 3.42. The third kappa shape index (κ3) is 4.06. The molecule has 4 nitrogen and oxygen atoms in total. The molecule has 0 aliphatic heterocycles. The van der Waals surface area contributed by atoms with Crippen molar-refractivity contribution in [2.24, 2.45) is 5.92 Å². The Labute approximate surface area is 118 Å². The number of ether oxygens (including phenoxy) is 1. The highest BCUT2D eigenvalue weighted by atomic mass is 32.1. The molecule has 0 aliphatic carbocycles. The first kappa shape index (κ1) is 15.7. The molecule has 1 rings (SSSR count). The molecular formula is C14H21NO3S. The third-order valence-corrected chi connectivity index (χ3v) is 3.83. The summed E-state index contributed by atoms with van der Waals surface area (Å²) >= 11 is 1.42. The highest BCUT2D eigenvalue weighted by molar-refractivity contribution is 7.16. The van der Waals surface area contributed by atoms with Crippen LogP contribution >= 0.6 is 11.3 Å². The molecule has 1 N–H and O–H groups in total. The highest BCUT2D eigenvalue weighted by Crippen LogP contribution is 2.33. The Morgan fingerprint density at radius 3 is 2.47 bits per heavy atom. The van der Waals surface area contributed by atoms with Gasteiger partial charge >= 0.3 is 5.97 Å². The van der Waals surface area contributed by atoms with Crippen LogP contribution in [0.5, 0.6) is 0 Å². The first-order valence-electron chi connectivity index (χ1n) is 6.43. The molecule has 0 spiro atoms. The van der Waals surface area contributed by atoms with E-state index in [1.807, 2.05) is 27.7 Å². The standard InChI is InChI=1S/C14H21NO3S/c1-6-18-14(17)12-9(4)10(5)19-13(12)15-11(16)7-8(2)3/h8H,6-7H2,1-5H3,(H,15,16). The summed E-state index contributed by atoms with van der Waals surface area (Å²) < 4.78 is 5.04. The normalized spacial score (nSPS) is 10.6. The van der Waals surface area contributed by atoms with Crippen LogP contribution in [-0.2, 0) is 9.53 Å². The predicted octanol–water partition coefficient (Wildman–Crippen LogP) is 3.53. The average Bonchev–Trinajstić information content (AvgIpc) is 2.53. The molecule has 1 aromatic heterocycles. The van der Waals surface area contributed by atoms with E-state index < -0.39 is 0 Å². The first-order valence-corrected chi connectivity index (χ1v) is 7.25. The highest BCUT2D eigenvalue weighted by Gasteiger charge is 2.22. The van der Waals surface area contributed by atoms with E-state index in [1.54, 1.807) is 6.92 Å². The van der Waals surface area contributed by atoms with Crippen LogP contribution in [0.1, 0.15) is 48.0 Å². The fraction of sp³-hybridized carbons (Fsp3) is 0.571. The SMILES string of the molecule is CCOC(=O)c1c(NC(=O)CC(C)C)sc(C)c1C. The molecule has 19 heavy (non-hydrogen) atoms. The van der Waals surface area contributed by atoms with Crippen molar-refractivity contribution in [3.63, 3.8) is 0 Å². The smallest absolute Gasteiger partial charge is 0.341 e. The summed E-state index contributed by atoms with van der Waals surface area (Å²) in [5.41, 5.74) is 1.37. The molecule has 0 bridgehead atoms. The van der Waals surface area contributed by atoms with Crippen molar-refractivity contribution >= 4 is 28.2 Å². The summed E-state index contributed by atoms with van der Waals surface area (Å²) in [6.45, 7) is 9.86. The fourth-order valence-electron chi connectivity index (χ4n) is 1.71. The largest absolute Gasteiger partial charge is 0.462 e. The van der Waals surface area contributed by atoms with E-state index in [2.05, 4.69) is 5.32 Å². The molecule has 1 heterocycles. The molecule has 106 valence electrons. The molecule has 0 unspecified atom stereocenters. The van der Waals surface area contributed by atoms with Crippen LogP contribution in [0, 0.1) is 19.8 Å². The minimum atomic E-state index is -0.371. The maximum Gasteiger partial charge on any atom is 0.341 e. The van der Waals surface area contributed by atoms with E-state index in [9.17, 15) is 9.59 Å². The van der Waals surface area contributed by atoms with E-state index in [-0.39, 0.29) is 17.8 Å². The summed E-state index contributed by atoms with van der Waals surface area (Å²) in [6.07, 6.45) is 0.443. The number of hydrogen-bond donors (Lipinski definition) is 1. The van der Waals surface area contributed by atoms with Crippen molar-refractivity contribution in [1.82, 2.24) is 0 Å². The van der Waals surface area contributed by atoms with Gasteiger partial charge in [-0.25, -0.2) is 4.79 Å². The molecule has 5 heteroatoms. The van der Waals surface area contributed by atoms with Gasteiger partial charge in [0.25, 0.3) is 0 Å². The molecular weight excluding hydrogens is 262 g/mol. The Kier molecular flexibility index (Phi) is 5.54. The van der Waals surface area contributed by atoms with Gasteiger partial charge in [-0.2, -0.15) is 0 Å². The number of hydrogen-bond acceptors (Lipinski definition) is 4. The molecule has 0 atom stereocenters. The van der Waals surface area contributed by atoms with Crippen LogP contribution in [0.3, 0.4) is 0 Å². The first-order chi connectivity index (χ1) is 8.86. The molecule has 1 aromatic rings. The van der Waals surface area contributed by atoms with Crippen molar-refractivity contribution in [3.05, 3.63) is 16.0 Å². The number of nitrogens with one attached hydrogen (secondary N) is 1. The monoisotopic (exact) mass is 283 g/mol. The second-order valence-electron chi connectivity index (χ2n) is 4.85. The Morgan fingerprint density at radius 2 is 1.95 bits per heavy atom. The Hall–Kier alpha value is -1.36. The zero-order chi connectivity index (χ0) is 14.6. The van der Waals surface area contributed by atoms with Gasteiger partial charge in [-0.1, -0.05) is 13.8 Å². The number of carbonyl (C=O) groups excluding carboxylic acids is 2. The minimum absolute atomic E-state index is 0.0678. The lowest BCUT2D eigenvalue weighted by atomic mass is 10.1. The van der Waals surface area contributed by atoms with Crippen molar-refractivity contribution < 1.29 is 14.3 Å². The van der Waals surface area contributed by atoms with Gasteiger partial charge in [0.15, 0.2) is 0 Å². The number of rotatable bonds is 5. The topological polar surface area (TPSA) is 55.4 Å². The van der Waals surface area contributed by atoms with Crippen molar-refractivity contribution in [3.8, 4) is 0 Å². The van der Waals surface area contributed by atoms with E-state index in [4.69, 9.17) is 4.74 Å². The molecule has 0 saturated heterocycles. The number of anilines is 1. The fourth-order valence-corrected chi connectivity index (χ4v) is 2.78. The Morgan fingerprint density at radius 1 is 1.32 bits per heavy atom. The Bertz CT molecular complexity index is 477. The second-order valence-corrected chi connectivity index (χ2v) is 6.08. The van der Waals surface area contributed by atoms with Crippen LogP contribution in [0.4, 0.5) is 5.00 Å². The van der Waals surface area contributed by atoms with Gasteiger partial charge in [-0.05, 0) is 32.3 Å². The zero-order valence-electron chi connectivity index (χ0n) is 12.1. The maximum atomic E-state index is 11.9. The van der Waals surface area contributed by atoms with Gasteiger partial charge < -0.3 is 10.1 Å². The zero-order valence-corrected chi connectivity index (χ0v) is 12.9. The van der Waals surface area contributed by atoms with Crippen LogP contribution in [0.2, 0.25) is 0 Å². The second kappa shape index (κ2) is 6.70. The van der Waals surface area contributed by atoms with Gasteiger partial charge in [0, 0.05) is 11.3 Å². The summed E-state index contributed by atoms with van der Waals surface area (Å²) in [5.74, 6) is -0.154. The summed E-state index contributed by atoms with van der Waals surface area (Å²) in [6, 6.07) is 0. The van der Waals surface area contributed by atoms with Crippen LogP contribution in [0.15, 0.2) is 0 Å². The van der Waals surface area contributed by atoms with Gasteiger partial charge in [0.2, 0.25) is 5.91 Å². The summed E-state index contributed by atoms with van der Waals surface area (Å²) in [4.78, 5) is 24.8. The quantitative estimate of drug-likeness (QED) is 0.841. The average molecular weight is 283 g/mol. The van der Waals surface area contributed by atoms with Crippen LogP contribution in [-0.4, -0.2) is 18.5 Å². The molecule has 0 aliphatic rings. The van der Waals surface area contributed by atoms with Gasteiger partial charge in [0.1, 0.15) is 5.00 Å². The number of carbonyl (C=O) groups is 2. The van der Waals surface area contributed by atoms with Gasteiger partial charge in [0.05, 0.1) is 12.2 Å². The maximum absolute atomic E-state index is 11.9. The lowest BCUT2D eigenvalue weighted by molar-refractivity contribution is -0.116. The van der Waals surface area contributed by atoms with Gasteiger partial charge in [-0.3, -0.25) is 4.79 Å². The van der Waals surface area contributed by atoms with E-state index in [1.165, 1.54) is 11.3 Å². The lowest BCUT2D eigenvalue weighted by Crippen LogP contribution is -2.16. The van der Waals surface area contributed by atoms with Crippen molar-refractivity contribution in [2.75, 3.05) is 11.9 Å². The van der Waals surface area contributed by atoms with E-state index in [0.29, 0.717) is 23.6 Å². The van der Waals surface area contributed by atoms with E-state index >= 15 is 0 Å². The minimum Gasteiger partial charge on any atom is -0.462 e. The third-order valence-electron chi connectivity index (χ3n) is 2.71. The van der Waals surface area contributed by atoms with Crippen LogP contribution in [0.25, 0.3) is 0 Å². The molecule has 0 aromatic carbocycles. The number of aryl methyl sites for hydroxylation is 1. The number of esters is 1. The summed E-state index contributed by atoms with van der Waals surface area (Å²) in [7, 11) is 0. The van der Waals surface area contributed by atoms with E-state index in [0.717, 1.165) is 10.4 Å². The van der Waals surface area contributed by atoms with Gasteiger partial charge in [-0.15, -0.1) is 11.3 Å². The molecule has 1 amide bonds. The Balaban J connectivity index is 2.97. The number of thiophene rings is 1. The molecule has 0 saturated carbocycles.